The molecule has 0 amide bonds. The molecule has 2 rings (SSSR count). The van der Waals surface area contributed by atoms with E-state index in [-0.39, 0.29) is 11.1 Å². The number of carboxylic acid groups (broad SMARTS) is 2. The summed E-state index contributed by atoms with van der Waals surface area (Å²) in [6.45, 7) is 1.86. The Hall–Kier alpha value is -2.33. The van der Waals surface area contributed by atoms with Crippen LogP contribution >= 0.6 is 11.6 Å². The van der Waals surface area contributed by atoms with Gasteiger partial charge in [-0.1, -0.05) is 17.7 Å². The van der Waals surface area contributed by atoms with Gasteiger partial charge in [0.15, 0.2) is 0 Å². The lowest BCUT2D eigenvalue weighted by Gasteiger charge is -2.07. The number of hydrogen-bond acceptors (Lipinski definition) is 2. The monoisotopic (exact) mass is 290 g/mol. The van der Waals surface area contributed by atoms with E-state index in [0.717, 1.165) is 11.6 Å². The molecule has 2 aromatic rings. The van der Waals surface area contributed by atoms with E-state index in [0.29, 0.717) is 16.1 Å². The Kier molecular flexibility index (Phi) is 3.77. The van der Waals surface area contributed by atoms with Crippen LogP contribution in [0.2, 0.25) is 5.02 Å². The average molecular weight is 291 g/mol. The van der Waals surface area contributed by atoms with Gasteiger partial charge in [-0.15, -0.1) is 0 Å². The lowest BCUT2D eigenvalue weighted by Crippen LogP contribution is -2.03. The maximum Gasteiger partial charge on any atom is 0.335 e. The van der Waals surface area contributed by atoms with E-state index < -0.39 is 11.9 Å². The smallest absolute Gasteiger partial charge is 0.335 e. The highest BCUT2D eigenvalue weighted by Crippen LogP contribution is 2.27. The SMILES string of the molecule is Cc1cc(Cl)cc(-c2cc(C(=O)O)cc(C(=O)O)c2)c1. The summed E-state index contributed by atoms with van der Waals surface area (Å²) in [7, 11) is 0. The van der Waals surface area contributed by atoms with Gasteiger partial charge in [0.1, 0.15) is 0 Å². The zero-order chi connectivity index (χ0) is 14.9. The van der Waals surface area contributed by atoms with Crippen LogP contribution in [0.3, 0.4) is 0 Å². The van der Waals surface area contributed by atoms with Gasteiger partial charge in [0.25, 0.3) is 0 Å². The molecule has 0 aliphatic carbocycles. The minimum absolute atomic E-state index is 0.0717. The normalized spacial score (nSPS) is 10.3. The van der Waals surface area contributed by atoms with E-state index in [1.165, 1.54) is 12.1 Å². The summed E-state index contributed by atoms with van der Waals surface area (Å²) in [6.07, 6.45) is 0. The Morgan fingerprint density at radius 2 is 1.35 bits per heavy atom. The van der Waals surface area contributed by atoms with Crippen molar-refractivity contribution in [1.29, 1.82) is 0 Å². The molecule has 0 aromatic heterocycles. The van der Waals surface area contributed by atoms with Gasteiger partial charge in [-0.05, 0) is 53.9 Å². The number of halogens is 1. The molecule has 102 valence electrons. The number of carboxylic acids is 2. The minimum Gasteiger partial charge on any atom is -0.478 e. The van der Waals surface area contributed by atoms with Crippen LogP contribution in [0, 0.1) is 6.92 Å². The van der Waals surface area contributed by atoms with Gasteiger partial charge in [-0.25, -0.2) is 9.59 Å². The number of hydrogen-bond donors (Lipinski definition) is 2. The fourth-order valence-electron chi connectivity index (χ4n) is 1.94. The molecule has 2 N–H and O–H groups in total. The van der Waals surface area contributed by atoms with E-state index in [4.69, 9.17) is 21.8 Å². The summed E-state index contributed by atoms with van der Waals surface area (Å²) < 4.78 is 0. The van der Waals surface area contributed by atoms with Gasteiger partial charge in [-0.2, -0.15) is 0 Å². The lowest BCUT2D eigenvalue weighted by atomic mass is 9.98. The summed E-state index contributed by atoms with van der Waals surface area (Å²) >= 11 is 5.97. The molecule has 0 unspecified atom stereocenters. The molecule has 0 bridgehead atoms. The third kappa shape index (κ3) is 2.97. The Bertz CT molecular complexity index is 655. The van der Waals surface area contributed by atoms with E-state index >= 15 is 0 Å². The maximum atomic E-state index is 11.1. The quantitative estimate of drug-likeness (QED) is 0.903. The second-order valence-electron chi connectivity index (χ2n) is 4.43. The molecule has 0 aliphatic heterocycles. The lowest BCUT2D eigenvalue weighted by molar-refractivity contribution is 0.0696. The van der Waals surface area contributed by atoms with Crippen LogP contribution in [0.4, 0.5) is 0 Å². The zero-order valence-electron chi connectivity index (χ0n) is 10.6. The average Bonchev–Trinajstić information content (AvgIpc) is 2.36. The highest BCUT2D eigenvalue weighted by atomic mass is 35.5. The number of aromatic carboxylic acids is 2. The Labute approximate surface area is 120 Å². The van der Waals surface area contributed by atoms with Gasteiger partial charge >= 0.3 is 11.9 Å². The van der Waals surface area contributed by atoms with E-state index in [2.05, 4.69) is 0 Å². The van der Waals surface area contributed by atoms with Crippen LogP contribution in [0.15, 0.2) is 36.4 Å². The molecule has 20 heavy (non-hydrogen) atoms. The van der Waals surface area contributed by atoms with Gasteiger partial charge in [-0.3, -0.25) is 0 Å². The molecule has 0 aliphatic rings. The van der Waals surface area contributed by atoms with Gasteiger partial charge < -0.3 is 10.2 Å². The van der Waals surface area contributed by atoms with Crippen molar-refractivity contribution in [3.63, 3.8) is 0 Å². The highest BCUT2D eigenvalue weighted by Gasteiger charge is 2.12. The second-order valence-corrected chi connectivity index (χ2v) is 4.86. The fourth-order valence-corrected chi connectivity index (χ4v) is 2.23. The van der Waals surface area contributed by atoms with Crippen LogP contribution in [0.1, 0.15) is 26.3 Å². The second kappa shape index (κ2) is 5.35. The van der Waals surface area contributed by atoms with Crippen molar-refractivity contribution in [3.8, 4) is 11.1 Å². The number of carbonyl (C=O) groups is 2. The maximum absolute atomic E-state index is 11.1. The molecule has 0 radical (unpaired) electrons. The van der Waals surface area contributed by atoms with Crippen molar-refractivity contribution in [2.24, 2.45) is 0 Å². The molecule has 0 atom stereocenters. The molecule has 0 fully saturated rings. The van der Waals surface area contributed by atoms with Crippen LogP contribution in [0.5, 0.6) is 0 Å². The van der Waals surface area contributed by atoms with Crippen molar-refractivity contribution in [3.05, 3.63) is 58.1 Å². The predicted octanol–water partition coefficient (Wildman–Crippen LogP) is 3.71. The van der Waals surface area contributed by atoms with Crippen molar-refractivity contribution in [1.82, 2.24) is 0 Å². The highest BCUT2D eigenvalue weighted by molar-refractivity contribution is 6.31. The molecule has 0 saturated carbocycles. The molecule has 0 saturated heterocycles. The van der Waals surface area contributed by atoms with Gasteiger partial charge in [0, 0.05) is 5.02 Å². The molecular formula is C15H11ClO4. The molecule has 0 heterocycles. The third-order valence-corrected chi connectivity index (χ3v) is 3.02. The van der Waals surface area contributed by atoms with Crippen LogP contribution < -0.4 is 0 Å². The van der Waals surface area contributed by atoms with E-state index in [1.807, 2.05) is 13.0 Å². The summed E-state index contributed by atoms with van der Waals surface area (Å²) in [5.41, 5.74) is 1.95. The largest absolute Gasteiger partial charge is 0.478 e. The predicted molar refractivity (Wildman–Crippen MR) is 75.5 cm³/mol. The van der Waals surface area contributed by atoms with Gasteiger partial charge in [0.2, 0.25) is 0 Å². The van der Waals surface area contributed by atoms with E-state index in [9.17, 15) is 9.59 Å². The Balaban J connectivity index is 2.66. The van der Waals surface area contributed by atoms with Crippen molar-refractivity contribution in [2.75, 3.05) is 0 Å². The number of benzene rings is 2. The van der Waals surface area contributed by atoms with Crippen molar-refractivity contribution in [2.45, 2.75) is 6.92 Å². The van der Waals surface area contributed by atoms with Crippen LogP contribution in [0.25, 0.3) is 11.1 Å². The third-order valence-electron chi connectivity index (χ3n) is 2.80. The number of rotatable bonds is 3. The first-order chi connectivity index (χ1) is 9.36. The van der Waals surface area contributed by atoms with Gasteiger partial charge in [0.05, 0.1) is 11.1 Å². The standard InChI is InChI=1S/C15H11ClO4/c1-8-2-9(7-13(16)3-8)10-4-11(14(17)18)6-12(5-10)15(19)20/h2-7H,1H3,(H,17,18)(H,19,20). The first kappa shape index (κ1) is 14.1. The Morgan fingerprint density at radius 3 is 1.80 bits per heavy atom. The minimum atomic E-state index is -1.17. The zero-order valence-corrected chi connectivity index (χ0v) is 11.3. The van der Waals surface area contributed by atoms with Crippen LogP contribution in [-0.4, -0.2) is 22.2 Å². The molecule has 0 spiro atoms. The summed E-state index contributed by atoms with van der Waals surface area (Å²) in [4.78, 5) is 22.1. The van der Waals surface area contributed by atoms with Crippen molar-refractivity contribution >= 4 is 23.5 Å². The fraction of sp³-hybridized carbons (Fsp3) is 0.0667. The summed E-state index contributed by atoms with van der Waals surface area (Å²) in [6, 6.07) is 9.25. The topological polar surface area (TPSA) is 74.6 Å². The first-order valence-corrected chi connectivity index (χ1v) is 6.14. The number of aryl methyl sites for hydroxylation is 1. The summed E-state index contributed by atoms with van der Waals surface area (Å²) in [5.74, 6) is -2.35. The van der Waals surface area contributed by atoms with Crippen molar-refractivity contribution < 1.29 is 19.8 Å². The Morgan fingerprint density at radius 1 is 0.850 bits per heavy atom. The molecule has 2 aromatic carbocycles. The van der Waals surface area contributed by atoms with E-state index in [1.54, 1.807) is 12.1 Å². The molecule has 4 nitrogen and oxygen atoms in total. The van der Waals surface area contributed by atoms with Crippen LogP contribution in [-0.2, 0) is 0 Å². The summed E-state index contributed by atoms with van der Waals surface area (Å²) in [5, 5.41) is 18.6. The first-order valence-electron chi connectivity index (χ1n) is 5.76. The molecular weight excluding hydrogens is 280 g/mol. The molecule has 5 heteroatoms.